The van der Waals surface area contributed by atoms with Crippen molar-refractivity contribution in [3.63, 3.8) is 0 Å². The monoisotopic (exact) mass is 268 g/mol. The first-order valence-corrected chi connectivity index (χ1v) is 7.09. The third-order valence-corrected chi connectivity index (χ3v) is 3.70. The van der Waals surface area contributed by atoms with Crippen molar-refractivity contribution < 1.29 is 19.4 Å². The van der Waals surface area contributed by atoms with Crippen LogP contribution in [-0.2, 0) is 11.2 Å². The molecule has 2 rings (SSSR count). The number of ether oxygens (including phenoxy) is 2. The lowest BCUT2D eigenvalue weighted by Crippen LogP contribution is -1.98. The second-order valence-corrected chi connectivity index (χ2v) is 5.20. The summed E-state index contributed by atoms with van der Waals surface area (Å²) in [5.74, 6) is 2.00. The fourth-order valence-corrected chi connectivity index (χ4v) is 2.52. The summed E-state index contributed by atoms with van der Waals surface area (Å²) in [5, 5.41) is 8.49. The van der Waals surface area contributed by atoms with Gasteiger partial charge in [-0.3, -0.25) is 4.79 Å². The fraction of sp³-hybridized carbons (Fsp3) is 0.462. The normalized spacial score (nSPS) is 12.7. The van der Waals surface area contributed by atoms with Crippen LogP contribution in [0.3, 0.4) is 0 Å². The summed E-state index contributed by atoms with van der Waals surface area (Å²) in [6.45, 7) is 0.310. The van der Waals surface area contributed by atoms with E-state index in [4.69, 9.17) is 14.6 Å². The number of carbonyl (C=O) groups is 1. The minimum Gasteiger partial charge on any atom is -0.481 e. The van der Waals surface area contributed by atoms with E-state index in [0.29, 0.717) is 6.79 Å². The van der Waals surface area contributed by atoms with E-state index in [1.165, 1.54) is 17.3 Å². The number of fused-ring (bicyclic) bond motifs is 1. The Labute approximate surface area is 110 Å². The van der Waals surface area contributed by atoms with Gasteiger partial charge in [0.05, 0.1) is 5.75 Å². The highest BCUT2D eigenvalue weighted by molar-refractivity contribution is 7.99. The van der Waals surface area contributed by atoms with E-state index in [1.807, 2.05) is 12.1 Å². The molecular formula is C13H16O4S. The van der Waals surface area contributed by atoms with Crippen molar-refractivity contribution in [3.05, 3.63) is 23.8 Å². The van der Waals surface area contributed by atoms with Crippen LogP contribution in [0.5, 0.6) is 11.5 Å². The van der Waals surface area contributed by atoms with Gasteiger partial charge in [0.15, 0.2) is 11.5 Å². The fourth-order valence-electron chi connectivity index (χ4n) is 1.79. The van der Waals surface area contributed by atoms with Crippen molar-refractivity contribution in [2.75, 3.05) is 18.3 Å². The molecule has 98 valence electrons. The molecular weight excluding hydrogens is 252 g/mol. The lowest BCUT2D eigenvalue weighted by atomic mass is 10.1. The van der Waals surface area contributed by atoms with Crippen molar-refractivity contribution in [3.8, 4) is 11.5 Å². The van der Waals surface area contributed by atoms with Gasteiger partial charge in [-0.05, 0) is 42.7 Å². The zero-order chi connectivity index (χ0) is 12.8. The van der Waals surface area contributed by atoms with Crippen LogP contribution in [0, 0.1) is 0 Å². The number of aliphatic carboxylic acids is 1. The van der Waals surface area contributed by atoms with E-state index >= 15 is 0 Å². The molecule has 0 aliphatic carbocycles. The van der Waals surface area contributed by atoms with Crippen LogP contribution in [0.2, 0.25) is 0 Å². The third-order valence-electron chi connectivity index (χ3n) is 2.67. The second-order valence-electron chi connectivity index (χ2n) is 4.09. The Morgan fingerprint density at radius 3 is 2.94 bits per heavy atom. The highest BCUT2D eigenvalue weighted by Crippen LogP contribution is 2.32. The maximum Gasteiger partial charge on any atom is 0.313 e. The number of hydrogen-bond acceptors (Lipinski definition) is 4. The summed E-state index contributed by atoms with van der Waals surface area (Å²) in [7, 11) is 0. The van der Waals surface area contributed by atoms with Crippen molar-refractivity contribution in [2.24, 2.45) is 0 Å². The Kier molecular flexibility index (Phi) is 4.75. The number of carboxylic acid groups (broad SMARTS) is 1. The van der Waals surface area contributed by atoms with Crippen LogP contribution in [0.4, 0.5) is 0 Å². The summed E-state index contributed by atoms with van der Waals surface area (Å²) in [5.41, 5.74) is 1.24. The predicted octanol–water partition coefficient (Wildman–Crippen LogP) is 2.56. The molecule has 0 amide bonds. The Bertz CT molecular complexity index is 419. The summed E-state index contributed by atoms with van der Waals surface area (Å²) >= 11 is 1.47. The molecule has 0 fully saturated rings. The van der Waals surface area contributed by atoms with E-state index in [1.54, 1.807) is 0 Å². The molecule has 0 bridgehead atoms. The minimum absolute atomic E-state index is 0.198. The minimum atomic E-state index is -0.740. The van der Waals surface area contributed by atoms with Gasteiger partial charge in [0.1, 0.15) is 0 Å². The number of thioether (sulfide) groups is 1. The van der Waals surface area contributed by atoms with E-state index in [0.717, 1.165) is 36.5 Å². The van der Waals surface area contributed by atoms with Gasteiger partial charge in [0.2, 0.25) is 6.79 Å². The highest BCUT2D eigenvalue weighted by atomic mass is 32.2. The van der Waals surface area contributed by atoms with Gasteiger partial charge in [-0.25, -0.2) is 0 Å². The first kappa shape index (κ1) is 13.1. The van der Waals surface area contributed by atoms with Crippen molar-refractivity contribution in [2.45, 2.75) is 19.3 Å². The van der Waals surface area contributed by atoms with Crippen LogP contribution < -0.4 is 9.47 Å². The number of unbranched alkanes of at least 4 members (excludes halogenated alkanes) is 1. The topological polar surface area (TPSA) is 55.8 Å². The second kappa shape index (κ2) is 6.54. The molecule has 4 nitrogen and oxygen atoms in total. The molecule has 1 aromatic carbocycles. The van der Waals surface area contributed by atoms with Gasteiger partial charge < -0.3 is 14.6 Å². The first-order valence-electron chi connectivity index (χ1n) is 5.94. The van der Waals surface area contributed by atoms with Crippen LogP contribution in [0.1, 0.15) is 18.4 Å². The van der Waals surface area contributed by atoms with Gasteiger partial charge in [0.25, 0.3) is 0 Å². The average Bonchev–Trinajstić information content (AvgIpc) is 2.80. The zero-order valence-electron chi connectivity index (χ0n) is 10.1. The summed E-state index contributed by atoms with van der Waals surface area (Å²) in [6.07, 6.45) is 3.09. The number of carboxylic acids is 1. The first-order chi connectivity index (χ1) is 8.75. The quantitative estimate of drug-likeness (QED) is 0.770. The van der Waals surface area contributed by atoms with E-state index < -0.39 is 5.97 Å². The molecule has 1 N–H and O–H groups in total. The molecule has 0 atom stereocenters. The van der Waals surface area contributed by atoms with Gasteiger partial charge in [0, 0.05) is 0 Å². The number of benzene rings is 1. The SMILES string of the molecule is O=C(O)CSCCCCc1ccc2c(c1)OCO2. The van der Waals surface area contributed by atoms with Crippen LogP contribution in [0.25, 0.3) is 0 Å². The third kappa shape index (κ3) is 3.84. The van der Waals surface area contributed by atoms with Crippen molar-refractivity contribution in [1.82, 2.24) is 0 Å². The molecule has 1 aliphatic rings. The molecule has 1 aromatic rings. The average molecular weight is 268 g/mol. The predicted molar refractivity (Wildman–Crippen MR) is 70.5 cm³/mol. The van der Waals surface area contributed by atoms with Gasteiger partial charge in [-0.15, -0.1) is 0 Å². The van der Waals surface area contributed by atoms with Crippen molar-refractivity contribution >= 4 is 17.7 Å². The Morgan fingerprint density at radius 2 is 2.11 bits per heavy atom. The summed E-state index contributed by atoms with van der Waals surface area (Å²) in [4.78, 5) is 10.3. The molecule has 0 spiro atoms. The van der Waals surface area contributed by atoms with Gasteiger partial charge in [-0.2, -0.15) is 11.8 Å². The summed E-state index contributed by atoms with van der Waals surface area (Å²) in [6, 6.07) is 6.02. The lowest BCUT2D eigenvalue weighted by molar-refractivity contribution is -0.133. The Balaban J connectivity index is 1.66. The van der Waals surface area contributed by atoms with Crippen molar-refractivity contribution in [1.29, 1.82) is 0 Å². The van der Waals surface area contributed by atoms with Gasteiger partial charge >= 0.3 is 5.97 Å². The number of aryl methyl sites for hydroxylation is 1. The van der Waals surface area contributed by atoms with Crippen LogP contribution in [0.15, 0.2) is 18.2 Å². The summed E-state index contributed by atoms with van der Waals surface area (Å²) < 4.78 is 10.6. The standard InChI is InChI=1S/C13H16O4S/c14-13(15)8-18-6-2-1-3-10-4-5-11-12(7-10)17-9-16-11/h4-5,7H,1-3,6,8-9H2,(H,14,15). The molecule has 5 heteroatoms. The van der Waals surface area contributed by atoms with E-state index in [2.05, 4.69) is 6.07 Å². The zero-order valence-corrected chi connectivity index (χ0v) is 10.9. The van der Waals surface area contributed by atoms with Crippen LogP contribution in [-0.4, -0.2) is 29.4 Å². The molecule has 0 saturated carbocycles. The molecule has 0 unspecified atom stereocenters. The molecule has 1 heterocycles. The number of rotatable bonds is 7. The molecule has 0 radical (unpaired) electrons. The van der Waals surface area contributed by atoms with Gasteiger partial charge in [-0.1, -0.05) is 6.07 Å². The Hall–Kier alpha value is -1.36. The Morgan fingerprint density at radius 1 is 1.28 bits per heavy atom. The van der Waals surface area contributed by atoms with E-state index in [9.17, 15) is 4.79 Å². The van der Waals surface area contributed by atoms with Crippen LogP contribution >= 0.6 is 11.8 Å². The molecule has 0 aromatic heterocycles. The lowest BCUT2D eigenvalue weighted by Gasteiger charge is -2.03. The molecule has 18 heavy (non-hydrogen) atoms. The van der Waals surface area contributed by atoms with E-state index in [-0.39, 0.29) is 5.75 Å². The highest BCUT2D eigenvalue weighted by Gasteiger charge is 2.12. The number of hydrogen-bond donors (Lipinski definition) is 1. The maximum absolute atomic E-state index is 10.3. The largest absolute Gasteiger partial charge is 0.481 e. The smallest absolute Gasteiger partial charge is 0.313 e. The molecule has 0 saturated heterocycles. The molecule has 1 aliphatic heterocycles. The maximum atomic E-state index is 10.3.